The highest BCUT2D eigenvalue weighted by atomic mass is 16.5. The van der Waals surface area contributed by atoms with Crippen molar-refractivity contribution < 1.29 is 4.74 Å². The van der Waals surface area contributed by atoms with Crippen LogP contribution in [-0.4, -0.2) is 6.61 Å². The van der Waals surface area contributed by atoms with Crippen LogP contribution in [0.3, 0.4) is 0 Å². The Morgan fingerprint density at radius 1 is 1.15 bits per heavy atom. The summed E-state index contributed by atoms with van der Waals surface area (Å²) in [7, 11) is 0. The molecule has 0 saturated heterocycles. The summed E-state index contributed by atoms with van der Waals surface area (Å²) in [5.41, 5.74) is 9.83. The lowest BCUT2D eigenvalue weighted by Crippen LogP contribution is -2.05. The van der Waals surface area contributed by atoms with Gasteiger partial charge in [-0.15, -0.1) is 0 Å². The van der Waals surface area contributed by atoms with E-state index in [0.717, 1.165) is 18.6 Å². The molecular formula is C18H19NO. The van der Waals surface area contributed by atoms with Crippen molar-refractivity contribution in [2.75, 3.05) is 6.61 Å². The first-order valence-corrected chi connectivity index (χ1v) is 7.06. The van der Waals surface area contributed by atoms with Gasteiger partial charge < -0.3 is 10.5 Å². The van der Waals surface area contributed by atoms with Crippen LogP contribution in [-0.2, 0) is 6.42 Å². The molecule has 102 valence electrons. The summed E-state index contributed by atoms with van der Waals surface area (Å²) in [6, 6.07) is 16.7. The van der Waals surface area contributed by atoms with Crippen molar-refractivity contribution >= 4 is 6.08 Å². The number of nitrogens with two attached hydrogens (primary N) is 1. The molecule has 3 rings (SSSR count). The Hall–Kier alpha value is -2.06. The number of rotatable bonds is 4. The standard InChI is InChI=1S/C18H19NO/c19-18-11-8-15-13-16(9-10-17(15)18)20-12-4-7-14-5-2-1-3-6-14/h1-7,9-10,13,18H,8,11-12,19H2/b7-4+. The van der Waals surface area contributed by atoms with E-state index in [4.69, 9.17) is 10.5 Å². The van der Waals surface area contributed by atoms with Crippen LogP contribution in [0.1, 0.15) is 29.2 Å². The van der Waals surface area contributed by atoms with Crippen molar-refractivity contribution in [3.8, 4) is 5.75 Å². The largest absolute Gasteiger partial charge is 0.490 e. The second-order valence-corrected chi connectivity index (χ2v) is 5.13. The minimum atomic E-state index is 0.206. The van der Waals surface area contributed by atoms with Crippen LogP contribution in [0, 0.1) is 0 Å². The van der Waals surface area contributed by atoms with Crippen LogP contribution in [0.4, 0.5) is 0 Å². The normalized spacial score (nSPS) is 17.4. The second-order valence-electron chi connectivity index (χ2n) is 5.13. The second kappa shape index (κ2) is 5.93. The van der Waals surface area contributed by atoms with Gasteiger partial charge in [-0.1, -0.05) is 42.5 Å². The highest BCUT2D eigenvalue weighted by Gasteiger charge is 2.18. The van der Waals surface area contributed by atoms with E-state index in [1.165, 1.54) is 16.7 Å². The molecule has 20 heavy (non-hydrogen) atoms. The van der Waals surface area contributed by atoms with Gasteiger partial charge in [0, 0.05) is 6.04 Å². The lowest BCUT2D eigenvalue weighted by atomic mass is 10.1. The average molecular weight is 265 g/mol. The molecule has 0 fully saturated rings. The van der Waals surface area contributed by atoms with Crippen molar-refractivity contribution in [3.63, 3.8) is 0 Å². The van der Waals surface area contributed by atoms with Gasteiger partial charge >= 0.3 is 0 Å². The van der Waals surface area contributed by atoms with E-state index in [1.807, 2.05) is 30.3 Å². The minimum absolute atomic E-state index is 0.206. The van der Waals surface area contributed by atoms with Crippen molar-refractivity contribution in [2.24, 2.45) is 5.73 Å². The van der Waals surface area contributed by atoms with E-state index in [9.17, 15) is 0 Å². The molecule has 0 heterocycles. The number of hydrogen-bond donors (Lipinski definition) is 1. The van der Waals surface area contributed by atoms with Crippen molar-refractivity contribution in [1.82, 2.24) is 0 Å². The summed E-state index contributed by atoms with van der Waals surface area (Å²) >= 11 is 0. The number of aryl methyl sites for hydroxylation is 1. The van der Waals surface area contributed by atoms with Crippen LogP contribution < -0.4 is 10.5 Å². The topological polar surface area (TPSA) is 35.2 Å². The lowest BCUT2D eigenvalue weighted by molar-refractivity contribution is 0.363. The Morgan fingerprint density at radius 3 is 2.85 bits per heavy atom. The van der Waals surface area contributed by atoms with Gasteiger partial charge in [-0.25, -0.2) is 0 Å². The molecule has 2 N–H and O–H groups in total. The molecule has 1 aliphatic rings. The molecule has 0 bridgehead atoms. The Morgan fingerprint density at radius 2 is 2.00 bits per heavy atom. The predicted molar refractivity (Wildman–Crippen MR) is 82.7 cm³/mol. The molecule has 1 aliphatic carbocycles. The van der Waals surface area contributed by atoms with E-state index in [2.05, 4.69) is 30.3 Å². The highest BCUT2D eigenvalue weighted by Crippen LogP contribution is 2.31. The van der Waals surface area contributed by atoms with Gasteiger partial charge in [0.15, 0.2) is 0 Å². The summed E-state index contributed by atoms with van der Waals surface area (Å²) in [5, 5.41) is 0. The molecule has 0 aliphatic heterocycles. The van der Waals surface area contributed by atoms with E-state index < -0.39 is 0 Å². The summed E-state index contributed by atoms with van der Waals surface area (Å²) in [5.74, 6) is 0.926. The third-order valence-electron chi connectivity index (χ3n) is 3.69. The summed E-state index contributed by atoms with van der Waals surface area (Å²) < 4.78 is 5.76. The smallest absolute Gasteiger partial charge is 0.120 e. The van der Waals surface area contributed by atoms with E-state index in [1.54, 1.807) is 0 Å². The maximum atomic E-state index is 6.03. The van der Waals surface area contributed by atoms with Gasteiger partial charge in [-0.05, 0) is 47.7 Å². The zero-order valence-corrected chi connectivity index (χ0v) is 11.5. The zero-order chi connectivity index (χ0) is 13.8. The fourth-order valence-electron chi connectivity index (χ4n) is 2.61. The fourth-order valence-corrected chi connectivity index (χ4v) is 2.61. The van der Waals surface area contributed by atoms with Gasteiger partial charge in [0.2, 0.25) is 0 Å². The van der Waals surface area contributed by atoms with Crippen molar-refractivity contribution in [2.45, 2.75) is 18.9 Å². The Kier molecular flexibility index (Phi) is 3.84. The zero-order valence-electron chi connectivity index (χ0n) is 11.5. The van der Waals surface area contributed by atoms with Gasteiger partial charge in [-0.3, -0.25) is 0 Å². The molecule has 0 aromatic heterocycles. The maximum Gasteiger partial charge on any atom is 0.120 e. The molecule has 2 aromatic carbocycles. The Labute approximate surface area is 119 Å². The monoisotopic (exact) mass is 265 g/mol. The molecule has 1 atom stereocenters. The van der Waals surface area contributed by atoms with Crippen LogP contribution >= 0.6 is 0 Å². The van der Waals surface area contributed by atoms with Crippen LogP contribution in [0.2, 0.25) is 0 Å². The van der Waals surface area contributed by atoms with Gasteiger partial charge in [0.1, 0.15) is 12.4 Å². The quantitative estimate of drug-likeness (QED) is 0.914. The van der Waals surface area contributed by atoms with Crippen LogP contribution in [0.25, 0.3) is 6.08 Å². The number of benzene rings is 2. The van der Waals surface area contributed by atoms with Gasteiger partial charge in [0.05, 0.1) is 0 Å². The average Bonchev–Trinajstić information content (AvgIpc) is 2.86. The number of hydrogen-bond acceptors (Lipinski definition) is 2. The third kappa shape index (κ3) is 2.91. The summed E-state index contributed by atoms with van der Waals surface area (Å²) in [6.07, 6.45) is 6.22. The number of ether oxygens (including phenoxy) is 1. The molecule has 0 radical (unpaired) electrons. The maximum absolute atomic E-state index is 6.03. The molecule has 2 nitrogen and oxygen atoms in total. The Balaban J connectivity index is 1.58. The highest BCUT2D eigenvalue weighted by molar-refractivity contribution is 5.48. The van der Waals surface area contributed by atoms with Crippen LogP contribution in [0.5, 0.6) is 5.75 Å². The molecule has 0 saturated carbocycles. The fraction of sp³-hybridized carbons (Fsp3) is 0.222. The van der Waals surface area contributed by atoms with Crippen LogP contribution in [0.15, 0.2) is 54.6 Å². The van der Waals surface area contributed by atoms with Gasteiger partial charge in [0.25, 0.3) is 0 Å². The molecule has 1 unspecified atom stereocenters. The molecule has 0 amide bonds. The minimum Gasteiger partial charge on any atom is -0.490 e. The van der Waals surface area contributed by atoms with E-state index in [-0.39, 0.29) is 6.04 Å². The first-order chi connectivity index (χ1) is 9.83. The van der Waals surface area contributed by atoms with Crippen molar-refractivity contribution in [3.05, 3.63) is 71.3 Å². The first kappa shape index (κ1) is 12.9. The molecular weight excluding hydrogens is 246 g/mol. The predicted octanol–water partition coefficient (Wildman–Crippen LogP) is 3.72. The third-order valence-corrected chi connectivity index (χ3v) is 3.69. The molecule has 2 heteroatoms. The summed E-state index contributed by atoms with van der Waals surface area (Å²) in [6.45, 7) is 0.583. The van der Waals surface area contributed by atoms with Gasteiger partial charge in [-0.2, -0.15) is 0 Å². The Bertz CT molecular complexity index is 604. The summed E-state index contributed by atoms with van der Waals surface area (Å²) in [4.78, 5) is 0. The molecule has 2 aromatic rings. The molecule has 0 spiro atoms. The van der Waals surface area contributed by atoms with E-state index >= 15 is 0 Å². The van der Waals surface area contributed by atoms with Crippen molar-refractivity contribution in [1.29, 1.82) is 0 Å². The van der Waals surface area contributed by atoms with E-state index in [0.29, 0.717) is 6.61 Å². The first-order valence-electron chi connectivity index (χ1n) is 7.06. The SMILES string of the molecule is NC1CCc2cc(OC/C=C/c3ccccc3)ccc21. The number of fused-ring (bicyclic) bond motifs is 1. The lowest BCUT2D eigenvalue weighted by Gasteiger charge is -2.07.